The summed E-state index contributed by atoms with van der Waals surface area (Å²) in [7, 11) is 1.74. The van der Waals surface area contributed by atoms with Gasteiger partial charge in [0.1, 0.15) is 11.9 Å². The standard InChI is InChI=1S/C9H15FN2O/c1-6-9(7(2)13-12-6)4-8(10)5-11-3/h8,11H,4-5H2,1-3H3/t8-/m1/s1. The molecule has 1 aromatic rings. The van der Waals surface area contributed by atoms with Gasteiger partial charge in [-0.05, 0) is 20.9 Å². The van der Waals surface area contributed by atoms with Crippen LogP contribution in [0.25, 0.3) is 0 Å². The molecule has 1 rings (SSSR count). The molecule has 0 radical (unpaired) electrons. The lowest BCUT2D eigenvalue weighted by Gasteiger charge is -2.06. The van der Waals surface area contributed by atoms with Crippen LogP contribution in [-0.2, 0) is 6.42 Å². The average Bonchev–Trinajstić information content (AvgIpc) is 2.36. The van der Waals surface area contributed by atoms with Crippen LogP contribution in [-0.4, -0.2) is 24.9 Å². The van der Waals surface area contributed by atoms with Crippen LogP contribution in [0.3, 0.4) is 0 Å². The number of nitrogens with one attached hydrogen (secondary N) is 1. The van der Waals surface area contributed by atoms with Crippen molar-refractivity contribution in [3.8, 4) is 0 Å². The van der Waals surface area contributed by atoms with Gasteiger partial charge in [-0.25, -0.2) is 4.39 Å². The minimum atomic E-state index is -0.873. The molecule has 0 aliphatic carbocycles. The van der Waals surface area contributed by atoms with Crippen molar-refractivity contribution in [2.45, 2.75) is 26.4 Å². The van der Waals surface area contributed by atoms with Crippen LogP contribution in [0.1, 0.15) is 17.0 Å². The predicted octanol–water partition coefficient (Wildman–Crippen LogP) is 1.39. The SMILES string of the molecule is CNC[C@H](F)Cc1c(C)noc1C. The highest BCUT2D eigenvalue weighted by atomic mass is 19.1. The highest BCUT2D eigenvalue weighted by molar-refractivity contribution is 5.21. The quantitative estimate of drug-likeness (QED) is 0.772. The maximum absolute atomic E-state index is 13.2. The Hall–Kier alpha value is -0.900. The summed E-state index contributed by atoms with van der Waals surface area (Å²) in [6, 6.07) is 0. The van der Waals surface area contributed by atoms with Gasteiger partial charge in [0.05, 0.1) is 5.69 Å². The first-order valence-electron chi connectivity index (χ1n) is 4.35. The Bertz CT molecular complexity index is 253. The van der Waals surface area contributed by atoms with Gasteiger partial charge in [-0.2, -0.15) is 0 Å². The van der Waals surface area contributed by atoms with Crippen LogP contribution in [0.2, 0.25) is 0 Å². The van der Waals surface area contributed by atoms with Crippen molar-refractivity contribution in [2.75, 3.05) is 13.6 Å². The van der Waals surface area contributed by atoms with E-state index >= 15 is 0 Å². The number of alkyl halides is 1. The van der Waals surface area contributed by atoms with E-state index in [1.54, 1.807) is 14.0 Å². The summed E-state index contributed by atoms with van der Waals surface area (Å²) < 4.78 is 18.1. The lowest BCUT2D eigenvalue weighted by atomic mass is 10.1. The van der Waals surface area contributed by atoms with Crippen molar-refractivity contribution in [1.82, 2.24) is 10.5 Å². The summed E-state index contributed by atoms with van der Waals surface area (Å²) in [5, 5.41) is 6.56. The van der Waals surface area contributed by atoms with Crippen LogP contribution in [0.4, 0.5) is 4.39 Å². The van der Waals surface area contributed by atoms with Crippen LogP contribution in [0.15, 0.2) is 4.52 Å². The zero-order valence-corrected chi connectivity index (χ0v) is 8.22. The molecule has 0 bridgehead atoms. The number of aryl methyl sites for hydroxylation is 2. The molecule has 13 heavy (non-hydrogen) atoms. The second-order valence-corrected chi connectivity index (χ2v) is 3.16. The zero-order valence-electron chi connectivity index (χ0n) is 8.22. The molecule has 1 N–H and O–H groups in total. The van der Waals surface area contributed by atoms with Gasteiger partial charge >= 0.3 is 0 Å². The predicted molar refractivity (Wildman–Crippen MR) is 48.5 cm³/mol. The number of aromatic nitrogens is 1. The van der Waals surface area contributed by atoms with E-state index in [2.05, 4.69) is 10.5 Å². The highest BCUT2D eigenvalue weighted by Crippen LogP contribution is 2.15. The van der Waals surface area contributed by atoms with Gasteiger partial charge in [0, 0.05) is 18.5 Å². The molecule has 1 aromatic heterocycles. The Morgan fingerprint density at radius 2 is 2.23 bits per heavy atom. The zero-order chi connectivity index (χ0) is 9.84. The second-order valence-electron chi connectivity index (χ2n) is 3.16. The van der Waals surface area contributed by atoms with Crippen molar-refractivity contribution in [2.24, 2.45) is 0 Å². The van der Waals surface area contributed by atoms with Crippen LogP contribution in [0, 0.1) is 13.8 Å². The van der Waals surface area contributed by atoms with E-state index in [9.17, 15) is 4.39 Å². The molecule has 3 nitrogen and oxygen atoms in total. The van der Waals surface area contributed by atoms with E-state index in [4.69, 9.17) is 4.52 Å². The largest absolute Gasteiger partial charge is 0.361 e. The summed E-state index contributed by atoms with van der Waals surface area (Å²) in [4.78, 5) is 0. The van der Waals surface area contributed by atoms with Crippen molar-refractivity contribution in [1.29, 1.82) is 0 Å². The summed E-state index contributed by atoms with van der Waals surface area (Å²) in [6.07, 6.45) is -0.496. The molecule has 0 saturated carbocycles. The van der Waals surface area contributed by atoms with Gasteiger partial charge in [0.25, 0.3) is 0 Å². The molecule has 0 aromatic carbocycles. The molecule has 0 fully saturated rings. The maximum Gasteiger partial charge on any atom is 0.137 e. The fourth-order valence-electron chi connectivity index (χ4n) is 1.31. The molecule has 0 aliphatic heterocycles. The van der Waals surface area contributed by atoms with E-state index in [0.717, 1.165) is 17.0 Å². The number of hydrogen-bond donors (Lipinski definition) is 1. The smallest absolute Gasteiger partial charge is 0.137 e. The molecule has 0 spiro atoms. The van der Waals surface area contributed by atoms with E-state index < -0.39 is 6.17 Å². The Balaban J connectivity index is 2.62. The van der Waals surface area contributed by atoms with Crippen molar-refractivity contribution in [3.63, 3.8) is 0 Å². The molecular formula is C9H15FN2O. The third-order valence-electron chi connectivity index (χ3n) is 2.03. The molecule has 1 atom stereocenters. The van der Waals surface area contributed by atoms with E-state index in [1.165, 1.54) is 0 Å². The summed E-state index contributed by atoms with van der Waals surface area (Å²) in [6.45, 7) is 4.00. The van der Waals surface area contributed by atoms with Crippen LogP contribution >= 0.6 is 0 Å². The van der Waals surface area contributed by atoms with Crippen molar-refractivity contribution >= 4 is 0 Å². The summed E-state index contributed by atoms with van der Waals surface area (Å²) >= 11 is 0. The first-order chi connectivity index (χ1) is 6.15. The molecular weight excluding hydrogens is 171 g/mol. The Morgan fingerprint density at radius 3 is 2.69 bits per heavy atom. The lowest BCUT2D eigenvalue weighted by molar-refractivity contribution is 0.322. The molecule has 0 amide bonds. The average molecular weight is 186 g/mol. The number of nitrogens with zero attached hydrogens (tertiary/aromatic N) is 1. The number of rotatable bonds is 4. The maximum atomic E-state index is 13.2. The van der Waals surface area contributed by atoms with Crippen LogP contribution < -0.4 is 5.32 Å². The summed E-state index contributed by atoms with van der Waals surface area (Å²) in [5.74, 6) is 0.719. The number of halogens is 1. The van der Waals surface area contributed by atoms with Gasteiger partial charge in [-0.1, -0.05) is 5.16 Å². The van der Waals surface area contributed by atoms with Gasteiger partial charge in [0.15, 0.2) is 0 Å². The van der Waals surface area contributed by atoms with E-state index in [-0.39, 0.29) is 0 Å². The third kappa shape index (κ3) is 2.52. The number of hydrogen-bond acceptors (Lipinski definition) is 3. The van der Waals surface area contributed by atoms with Gasteiger partial charge in [-0.15, -0.1) is 0 Å². The molecule has 0 saturated heterocycles. The highest BCUT2D eigenvalue weighted by Gasteiger charge is 2.14. The Morgan fingerprint density at radius 1 is 1.54 bits per heavy atom. The minimum absolute atomic E-state index is 0.365. The first-order valence-corrected chi connectivity index (χ1v) is 4.35. The van der Waals surface area contributed by atoms with Crippen molar-refractivity contribution in [3.05, 3.63) is 17.0 Å². The second kappa shape index (κ2) is 4.37. The third-order valence-corrected chi connectivity index (χ3v) is 2.03. The molecule has 1 heterocycles. The fraction of sp³-hybridized carbons (Fsp3) is 0.667. The monoisotopic (exact) mass is 186 g/mol. The summed E-state index contributed by atoms with van der Waals surface area (Å²) in [5.41, 5.74) is 1.68. The molecule has 74 valence electrons. The van der Waals surface area contributed by atoms with Crippen molar-refractivity contribution < 1.29 is 8.91 Å². The normalized spacial score (nSPS) is 13.2. The topological polar surface area (TPSA) is 38.1 Å². The first kappa shape index (κ1) is 10.2. The molecule has 0 unspecified atom stereocenters. The Labute approximate surface area is 77.3 Å². The van der Waals surface area contributed by atoms with Gasteiger partial charge in [-0.3, -0.25) is 0 Å². The lowest BCUT2D eigenvalue weighted by Crippen LogP contribution is -2.22. The Kier molecular flexibility index (Phi) is 3.42. The molecule has 0 aliphatic rings. The minimum Gasteiger partial charge on any atom is -0.361 e. The van der Waals surface area contributed by atoms with E-state index in [1.807, 2.05) is 6.92 Å². The molecule has 4 heteroatoms. The van der Waals surface area contributed by atoms with Gasteiger partial charge < -0.3 is 9.84 Å². The van der Waals surface area contributed by atoms with Gasteiger partial charge in [0.2, 0.25) is 0 Å². The van der Waals surface area contributed by atoms with Crippen LogP contribution in [0.5, 0.6) is 0 Å². The van der Waals surface area contributed by atoms with E-state index in [0.29, 0.717) is 13.0 Å². The fourth-order valence-corrected chi connectivity index (χ4v) is 1.31.